The molecule has 0 aliphatic carbocycles. The summed E-state index contributed by atoms with van der Waals surface area (Å²) in [7, 11) is 5.91. The van der Waals surface area contributed by atoms with Crippen LogP contribution in [0.25, 0.3) is 0 Å². The summed E-state index contributed by atoms with van der Waals surface area (Å²) in [4.78, 5) is 23.9. The Labute approximate surface area is 180 Å². The van der Waals surface area contributed by atoms with Crippen LogP contribution in [0.15, 0.2) is 36.4 Å². The van der Waals surface area contributed by atoms with Crippen molar-refractivity contribution < 1.29 is 43.5 Å². The van der Waals surface area contributed by atoms with E-state index in [4.69, 9.17) is 23.7 Å². The number of carbonyl (C=O) groups excluding carboxylic acids is 1. The van der Waals surface area contributed by atoms with Gasteiger partial charge in [0.25, 0.3) is 0 Å². The van der Waals surface area contributed by atoms with Gasteiger partial charge < -0.3 is 33.9 Å². The van der Waals surface area contributed by atoms with Gasteiger partial charge in [-0.15, -0.1) is 0 Å². The van der Waals surface area contributed by atoms with Gasteiger partial charge >= 0.3 is 11.9 Å². The van der Waals surface area contributed by atoms with Gasteiger partial charge in [-0.05, 0) is 35.4 Å². The number of aliphatic hydroxyl groups is 1. The summed E-state index contributed by atoms with van der Waals surface area (Å²) in [6.45, 7) is 0. The third kappa shape index (κ3) is 6.26. The topological polar surface area (TPSA) is 121 Å². The fourth-order valence-corrected chi connectivity index (χ4v) is 2.93. The van der Waals surface area contributed by atoms with E-state index in [9.17, 15) is 19.8 Å². The molecular weight excluding hydrogens is 408 g/mol. The van der Waals surface area contributed by atoms with Gasteiger partial charge in [0.2, 0.25) is 6.10 Å². The molecular formula is C22H26O9. The van der Waals surface area contributed by atoms with Crippen LogP contribution >= 0.6 is 0 Å². The summed E-state index contributed by atoms with van der Waals surface area (Å²) >= 11 is 0. The molecule has 9 nitrogen and oxygen atoms in total. The van der Waals surface area contributed by atoms with Crippen LogP contribution in [-0.2, 0) is 27.2 Å². The Balaban J connectivity index is 2.07. The standard InChI is InChI=1S/C22H26O9/c1-27-16-7-5-13(10-18(16)29-3)9-15(23)22(26)31-20(21(24)25)12-14-6-8-17(28-2)19(11-14)30-4/h5-8,10-11,15,20,23H,9,12H2,1-4H3,(H,24,25). The normalized spacial score (nSPS) is 12.4. The number of methoxy groups -OCH3 is 4. The SMILES string of the molecule is COc1ccc(CC(O)C(=O)OC(Cc2ccc(OC)c(OC)c2)C(=O)O)cc1OC. The molecule has 0 bridgehead atoms. The van der Waals surface area contributed by atoms with E-state index < -0.39 is 24.1 Å². The number of carbonyl (C=O) groups is 2. The van der Waals surface area contributed by atoms with Crippen molar-refractivity contribution in [1.82, 2.24) is 0 Å². The van der Waals surface area contributed by atoms with E-state index >= 15 is 0 Å². The van der Waals surface area contributed by atoms with Gasteiger partial charge in [-0.2, -0.15) is 0 Å². The molecule has 31 heavy (non-hydrogen) atoms. The van der Waals surface area contributed by atoms with Crippen LogP contribution in [0.3, 0.4) is 0 Å². The fourth-order valence-electron chi connectivity index (χ4n) is 2.93. The molecule has 168 valence electrons. The van der Waals surface area contributed by atoms with E-state index in [-0.39, 0.29) is 12.8 Å². The van der Waals surface area contributed by atoms with Crippen molar-refractivity contribution in [3.8, 4) is 23.0 Å². The molecule has 0 fully saturated rings. The van der Waals surface area contributed by atoms with Crippen molar-refractivity contribution in [2.45, 2.75) is 25.0 Å². The molecule has 2 aromatic rings. The number of aliphatic hydroxyl groups excluding tert-OH is 1. The molecule has 0 spiro atoms. The number of hydrogen-bond donors (Lipinski definition) is 2. The van der Waals surface area contributed by atoms with Crippen LogP contribution in [0.5, 0.6) is 23.0 Å². The van der Waals surface area contributed by atoms with Crippen LogP contribution in [-0.4, -0.2) is 62.8 Å². The van der Waals surface area contributed by atoms with E-state index in [1.54, 1.807) is 36.4 Å². The number of benzene rings is 2. The van der Waals surface area contributed by atoms with Gasteiger partial charge in [-0.3, -0.25) is 0 Å². The molecule has 0 amide bonds. The summed E-state index contributed by atoms with van der Waals surface area (Å²) in [5, 5.41) is 19.7. The average Bonchev–Trinajstić information content (AvgIpc) is 2.77. The minimum absolute atomic E-state index is 0.0815. The maximum absolute atomic E-state index is 12.3. The highest BCUT2D eigenvalue weighted by molar-refractivity contribution is 5.80. The van der Waals surface area contributed by atoms with Crippen molar-refractivity contribution in [3.05, 3.63) is 47.5 Å². The number of carboxylic acid groups (broad SMARTS) is 1. The number of ether oxygens (including phenoxy) is 5. The summed E-state index contributed by atoms with van der Waals surface area (Å²) in [5.74, 6) is -0.518. The van der Waals surface area contributed by atoms with Crippen molar-refractivity contribution >= 4 is 11.9 Å². The molecule has 2 N–H and O–H groups in total. The Bertz CT molecular complexity index is 910. The highest BCUT2D eigenvalue weighted by Crippen LogP contribution is 2.29. The molecule has 0 aromatic heterocycles. The number of rotatable bonds is 11. The lowest BCUT2D eigenvalue weighted by Crippen LogP contribution is -2.35. The molecule has 0 aliphatic heterocycles. The minimum atomic E-state index is -1.55. The lowest BCUT2D eigenvalue weighted by molar-refractivity contribution is -0.170. The van der Waals surface area contributed by atoms with Crippen molar-refractivity contribution in [1.29, 1.82) is 0 Å². The number of carboxylic acids is 1. The lowest BCUT2D eigenvalue weighted by atomic mass is 10.1. The first-order chi connectivity index (χ1) is 14.8. The summed E-state index contributed by atoms with van der Waals surface area (Å²) in [6, 6.07) is 9.79. The number of esters is 1. The van der Waals surface area contributed by atoms with Gasteiger partial charge in [0.1, 0.15) is 0 Å². The summed E-state index contributed by atoms with van der Waals surface area (Å²) < 4.78 is 25.8. The summed E-state index contributed by atoms with van der Waals surface area (Å²) in [6.07, 6.45) is -3.22. The molecule has 2 rings (SSSR count). The van der Waals surface area contributed by atoms with Crippen LogP contribution < -0.4 is 18.9 Å². The highest BCUT2D eigenvalue weighted by atomic mass is 16.6. The van der Waals surface area contributed by atoms with Gasteiger partial charge in [0, 0.05) is 12.8 Å². The second-order valence-corrected chi connectivity index (χ2v) is 6.57. The predicted molar refractivity (Wildman–Crippen MR) is 110 cm³/mol. The van der Waals surface area contributed by atoms with E-state index in [0.717, 1.165) is 0 Å². The largest absolute Gasteiger partial charge is 0.493 e. The molecule has 0 aliphatic rings. The van der Waals surface area contributed by atoms with E-state index in [1.165, 1.54) is 28.4 Å². The second kappa shape index (κ2) is 11.1. The predicted octanol–water partition coefficient (Wildman–Crippen LogP) is 1.86. The van der Waals surface area contributed by atoms with Gasteiger partial charge in [-0.1, -0.05) is 12.1 Å². The Kier molecular flexibility index (Phi) is 8.51. The Morgan fingerprint density at radius 2 is 1.23 bits per heavy atom. The second-order valence-electron chi connectivity index (χ2n) is 6.57. The smallest absolute Gasteiger partial charge is 0.345 e. The Morgan fingerprint density at radius 1 is 0.774 bits per heavy atom. The monoisotopic (exact) mass is 434 g/mol. The van der Waals surface area contributed by atoms with Crippen LogP contribution in [0, 0.1) is 0 Å². The van der Waals surface area contributed by atoms with E-state index in [0.29, 0.717) is 34.1 Å². The molecule has 9 heteroatoms. The number of aliphatic carboxylic acids is 1. The van der Waals surface area contributed by atoms with Crippen molar-refractivity contribution in [2.75, 3.05) is 28.4 Å². The van der Waals surface area contributed by atoms with Crippen molar-refractivity contribution in [2.24, 2.45) is 0 Å². The van der Waals surface area contributed by atoms with E-state index in [2.05, 4.69) is 0 Å². The highest BCUT2D eigenvalue weighted by Gasteiger charge is 2.27. The van der Waals surface area contributed by atoms with Crippen molar-refractivity contribution in [3.63, 3.8) is 0 Å². The van der Waals surface area contributed by atoms with Crippen LogP contribution in [0.4, 0.5) is 0 Å². The molecule has 0 heterocycles. The maximum Gasteiger partial charge on any atom is 0.345 e. The van der Waals surface area contributed by atoms with Gasteiger partial charge in [-0.25, -0.2) is 9.59 Å². The number of hydrogen-bond acceptors (Lipinski definition) is 8. The zero-order valence-electron chi connectivity index (χ0n) is 17.8. The molecule has 0 saturated carbocycles. The quantitative estimate of drug-likeness (QED) is 0.511. The first-order valence-electron chi connectivity index (χ1n) is 9.36. The first kappa shape index (κ1) is 23.8. The molecule has 2 aromatic carbocycles. The molecule has 0 saturated heterocycles. The third-order valence-electron chi connectivity index (χ3n) is 4.55. The third-order valence-corrected chi connectivity index (χ3v) is 4.55. The van der Waals surface area contributed by atoms with Gasteiger partial charge in [0.05, 0.1) is 28.4 Å². The fraction of sp³-hybridized carbons (Fsp3) is 0.364. The minimum Gasteiger partial charge on any atom is -0.493 e. The first-order valence-corrected chi connectivity index (χ1v) is 9.36. The summed E-state index contributed by atoms with van der Waals surface area (Å²) in [5.41, 5.74) is 1.15. The zero-order chi connectivity index (χ0) is 23.0. The molecule has 0 radical (unpaired) electrons. The van der Waals surface area contributed by atoms with E-state index in [1.807, 2.05) is 0 Å². The van der Waals surface area contributed by atoms with Crippen LogP contribution in [0.1, 0.15) is 11.1 Å². The Morgan fingerprint density at radius 3 is 1.65 bits per heavy atom. The molecule has 2 atom stereocenters. The average molecular weight is 434 g/mol. The van der Waals surface area contributed by atoms with Crippen LogP contribution in [0.2, 0.25) is 0 Å². The molecule has 2 unspecified atom stereocenters. The zero-order valence-corrected chi connectivity index (χ0v) is 17.8. The van der Waals surface area contributed by atoms with Gasteiger partial charge in [0.15, 0.2) is 29.1 Å². The maximum atomic E-state index is 12.3. The lowest BCUT2D eigenvalue weighted by Gasteiger charge is -2.18. The Hall–Kier alpha value is -3.46.